The highest BCUT2D eigenvalue weighted by Gasteiger charge is 2.33. The Morgan fingerprint density at radius 3 is 2.95 bits per heavy atom. The minimum absolute atomic E-state index is 0.0355. The van der Waals surface area contributed by atoms with Gasteiger partial charge in [0.05, 0.1) is 6.61 Å². The van der Waals surface area contributed by atoms with Gasteiger partial charge >= 0.3 is 5.97 Å². The van der Waals surface area contributed by atoms with Crippen LogP contribution in [-0.4, -0.2) is 35.2 Å². The van der Waals surface area contributed by atoms with Gasteiger partial charge in [-0.2, -0.15) is 0 Å². The summed E-state index contributed by atoms with van der Waals surface area (Å²) in [6.07, 6.45) is 2.69. The van der Waals surface area contributed by atoms with Crippen LogP contribution in [0.1, 0.15) is 44.7 Å². The van der Waals surface area contributed by atoms with Crippen molar-refractivity contribution in [1.82, 2.24) is 4.90 Å². The minimum Gasteiger partial charge on any atom is -0.494 e. The van der Waals surface area contributed by atoms with Crippen molar-refractivity contribution in [3.8, 4) is 5.75 Å². The Balaban J connectivity index is 2.31. The molecule has 1 aromatic carbocycles. The number of carbonyl (C=O) groups is 1. The molecule has 1 aliphatic heterocycles. The molecule has 5 heteroatoms. The van der Waals surface area contributed by atoms with Gasteiger partial charge in [-0.1, -0.05) is 18.0 Å². The van der Waals surface area contributed by atoms with Gasteiger partial charge < -0.3 is 9.84 Å². The lowest BCUT2D eigenvalue weighted by Gasteiger charge is -2.38. The highest BCUT2D eigenvalue weighted by atomic mass is 35.5. The van der Waals surface area contributed by atoms with Crippen molar-refractivity contribution in [2.45, 2.75) is 45.2 Å². The van der Waals surface area contributed by atoms with E-state index in [1.807, 2.05) is 30.9 Å². The Hall–Kier alpha value is -1.26. The second-order valence-electron chi connectivity index (χ2n) is 5.38. The molecule has 0 aromatic heterocycles. The van der Waals surface area contributed by atoms with Crippen LogP contribution >= 0.6 is 11.6 Å². The molecule has 1 N–H and O–H groups in total. The average Bonchev–Trinajstić information content (AvgIpc) is 2.48. The molecule has 0 spiro atoms. The first kappa shape index (κ1) is 16.1. The Kier molecular flexibility index (Phi) is 5.48. The summed E-state index contributed by atoms with van der Waals surface area (Å²) in [7, 11) is 0. The molecule has 2 atom stereocenters. The SMILES string of the molecule is CCOc1ccc(Cl)cc1C(C)N1CCCCC1C(=O)O. The fraction of sp³-hybridized carbons (Fsp3) is 0.562. The van der Waals surface area contributed by atoms with Crippen molar-refractivity contribution in [2.24, 2.45) is 0 Å². The number of piperidine rings is 1. The number of benzene rings is 1. The highest BCUT2D eigenvalue weighted by Crippen LogP contribution is 2.35. The monoisotopic (exact) mass is 311 g/mol. The van der Waals surface area contributed by atoms with E-state index in [4.69, 9.17) is 16.3 Å². The fourth-order valence-electron chi connectivity index (χ4n) is 2.99. The molecule has 2 unspecified atom stereocenters. The van der Waals surface area contributed by atoms with Crippen molar-refractivity contribution in [3.05, 3.63) is 28.8 Å². The molecule has 1 saturated heterocycles. The number of halogens is 1. The molecular formula is C16H22ClNO3. The third-order valence-corrected chi connectivity index (χ3v) is 4.28. The van der Waals surface area contributed by atoms with Crippen molar-refractivity contribution in [3.63, 3.8) is 0 Å². The number of likely N-dealkylation sites (tertiary alicyclic amines) is 1. The lowest BCUT2D eigenvalue weighted by atomic mass is 9.96. The molecule has 0 bridgehead atoms. The molecule has 21 heavy (non-hydrogen) atoms. The summed E-state index contributed by atoms with van der Waals surface area (Å²) >= 11 is 6.11. The van der Waals surface area contributed by atoms with Crippen LogP contribution in [0.15, 0.2) is 18.2 Å². The first-order valence-corrected chi connectivity index (χ1v) is 7.83. The molecule has 1 aliphatic rings. The van der Waals surface area contributed by atoms with Gasteiger partial charge in [-0.3, -0.25) is 9.69 Å². The van der Waals surface area contributed by atoms with Gasteiger partial charge in [0, 0.05) is 16.6 Å². The van der Waals surface area contributed by atoms with Gasteiger partial charge in [-0.25, -0.2) is 0 Å². The number of carboxylic acid groups (broad SMARTS) is 1. The number of carboxylic acids is 1. The zero-order chi connectivity index (χ0) is 15.4. The van der Waals surface area contributed by atoms with Gasteiger partial charge in [-0.05, 0) is 51.4 Å². The third kappa shape index (κ3) is 3.69. The Labute approximate surface area is 130 Å². The maximum atomic E-state index is 11.5. The molecule has 0 amide bonds. The number of aliphatic carboxylic acids is 1. The van der Waals surface area contributed by atoms with Crippen LogP contribution in [0, 0.1) is 0 Å². The lowest BCUT2D eigenvalue weighted by molar-refractivity contribution is -0.145. The minimum atomic E-state index is -0.749. The molecule has 4 nitrogen and oxygen atoms in total. The third-order valence-electron chi connectivity index (χ3n) is 4.05. The predicted octanol–water partition coefficient (Wildman–Crippen LogP) is 3.74. The second kappa shape index (κ2) is 7.14. The fourth-order valence-corrected chi connectivity index (χ4v) is 3.17. The van der Waals surface area contributed by atoms with Crippen LogP contribution in [0.3, 0.4) is 0 Å². The van der Waals surface area contributed by atoms with E-state index >= 15 is 0 Å². The van der Waals surface area contributed by atoms with E-state index in [0.29, 0.717) is 18.1 Å². The molecule has 1 heterocycles. The molecule has 2 rings (SSSR count). The lowest BCUT2D eigenvalue weighted by Crippen LogP contribution is -2.45. The summed E-state index contributed by atoms with van der Waals surface area (Å²) in [6.45, 7) is 5.32. The summed E-state index contributed by atoms with van der Waals surface area (Å²) in [5.41, 5.74) is 0.956. The zero-order valence-corrected chi connectivity index (χ0v) is 13.3. The Morgan fingerprint density at radius 2 is 2.29 bits per heavy atom. The summed E-state index contributed by atoms with van der Waals surface area (Å²) in [4.78, 5) is 13.5. The smallest absolute Gasteiger partial charge is 0.320 e. The van der Waals surface area contributed by atoms with E-state index in [2.05, 4.69) is 0 Å². The highest BCUT2D eigenvalue weighted by molar-refractivity contribution is 6.30. The average molecular weight is 312 g/mol. The number of nitrogens with zero attached hydrogens (tertiary/aromatic N) is 1. The van der Waals surface area contributed by atoms with Crippen LogP contribution in [0.4, 0.5) is 0 Å². The van der Waals surface area contributed by atoms with Gasteiger partial charge in [0.2, 0.25) is 0 Å². The normalized spacial score (nSPS) is 21.0. The molecular weight excluding hydrogens is 290 g/mol. The van der Waals surface area contributed by atoms with Crippen molar-refractivity contribution < 1.29 is 14.6 Å². The first-order chi connectivity index (χ1) is 10.0. The molecule has 1 aromatic rings. The molecule has 116 valence electrons. The van der Waals surface area contributed by atoms with Crippen LogP contribution < -0.4 is 4.74 Å². The number of hydrogen-bond acceptors (Lipinski definition) is 3. The predicted molar refractivity (Wildman–Crippen MR) is 83.0 cm³/mol. The topological polar surface area (TPSA) is 49.8 Å². The van der Waals surface area contributed by atoms with Gasteiger partial charge in [0.25, 0.3) is 0 Å². The van der Waals surface area contributed by atoms with Crippen LogP contribution in [-0.2, 0) is 4.79 Å². The second-order valence-corrected chi connectivity index (χ2v) is 5.82. The van der Waals surface area contributed by atoms with Crippen LogP contribution in [0.25, 0.3) is 0 Å². The van der Waals surface area contributed by atoms with Gasteiger partial charge in [-0.15, -0.1) is 0 Å². The maximum Gasteiger partial charge on any atom is 0.320 e. The van der Waals surface area contributed by atoms with E-state index in [-0.39, 0.29) is 6.04 Å². The molecule has 0 radical (unpaired) electrons. The Morgan fingerprint density at radius 1 is 1.52 bits per heavy atom. The molecule has 0 saturated carbocycles. The standard InChI is InChI=1S/C16H22ClNO3/c1-3-21-15-8-7-12(17)10-13(15)11(2)18-9-5-4-6-14(18)16(19)20/h7-8,10-11,14H,3-6,9H2,1-2H3,(H,19,20). The van der Waals surface area contributed by atoms with Gasteiger partial charge in [0.15, 0.2) is 0 Å². The van der Waals surface area contributed by atoms with E-state index in [1.54, 1.807) is 6.07 Å². The first-order valence-electron chi connectivity index (χ1n) is 7.45. The summed E-state index contributed by atoms with van der Waals surface area (Å²) < 4.78 is 5.67. The van der Waals surface area contributed by atoms with Crippen LogP contribution in [0.5, 0.6) is 5.75 Å². The molecule has 1 fully saturated rings. The van der Waals surface area contributed by atoms with E-state index < -0.39 is 12.0 Å². The Bertz CT molecular complexity index is 506. The van der Waals surface area contributed by atoms with E-state index in [0.717, 1.165) is 30.7 Å². The van der Waals surface area contributed by atoms with E-state index in [1.165, 1.54) is 0 Å². The number of hydrogen-bond donors (Lipinski definition) is 1. The van der Waals surface area contributed by atoms with Crippen molar-refractivity contribution >= 4 is 17.6 Å². The number of rotatable bonds is 5. The summed E-state index contributed by atoms with van der Waals surface area (Å²) in [5, 5.41) is 10.1. The summed E-state index contributed by atoms with van der Waals surface area (Å²) in [5.74, 6) is 0.0330. The number of ether oxygens (including phenoxy) is 1. The maximum absolute atomic E-state index is 11.5. The largest absolute Gasteiger partial charge is 0.494 e. The van der Waals surface area contributed by atoms with Crippen molar-refractivity contribution in [1.29, 1.82) is 0 Å². The van der Waals surface area contributed by atoms with Gasteiger partial charge in [0.1, 0.15) is 11.8 Å². The summed E-state index contributed by atoms with van der Waals surface area (Å²) in [6, 6.07) is 5.07. The van der Waals surface area contributed by atoms with E-state index in [9.17, 15) is 9.90 Å². The molecule has 0 aliphatic carbocycles. The zero-order valence-electron chi connectivity index (χ0n) is 12.5. The van der Waals surface area contributed by atoms with Crippen LogP contribution in [0.2, 0.25) is 5.02 Å². The quantitative estimate of drug-likeness (QED) is 0.900. The van der Waals surface area contributed by atoms with Crippen molar-refractivity contribution in [2.75, 3.05) is 13.2 Å².